The zero-order valence-electron chi connectivity index (χ0n) is 10.8. The van der Waals surface area contributed by atoms with Crippen LogP contribution in [0.2, 0.25) is 0 Å². The Kier molecular flexibility index (Phi) is 3.64. The lowest BCUT2D eigenvalue weighted by atomic mass is 9.78. The molecule has 2 aromatic carbocycles. The zero-order valence-corrected chi connectivity index (χ0v) is 10.8. The smallest absolute Gasteiger partial charge is 0.0991 e. The van der Waals surface area contributed by atoms with Crippen LogP contribution in [0.25, 0.3) is 0 Å². The maximum Gasteiger partial charge on any atom is 0.0991 e. The van der Waals surface area contributed by atoms with Crippen LogP contribution in [0.5, 0.6) is 0 Å². The molecule has 2 aromatic rings. The molecule has 2 rings (SSSR count). The van der Waals surface area contributed by atoms with Gasteiger partial charge in [-0.1, -0.05) is 42.5 Å². The zero-order chi connectivity index (χ0) is 13.7. The van der Waals surface area contributed by atoms with E-state index in [4.69, 9.17) is 5.26 Å². The molecular formula is C17H14N2. The molecule has 0 saturated carbocycles. The van der Waals surface area contributed by atoms with Gasteiger partial charge in [0.15, 0.2) is 0 Å². The van der Waals surface area contributed by atoms with E-state index in [0.29, 0.717) is 12.0 Å². The summed E-state index contributed by atoms with van der Waals surface area (Å²) in [5.74, 6) is 0. The minimum Gasteiger partial charge on any atom is -0.197 e. The summed E-state index contributed by atoms with van der Waals surface area (Å²) in [6.45, 7) is 1.93. The second-order valence-electron chi connectivity index (χ2n) is 4.80. The van der Waals surface area contributed by atoms with Crippen LogP contribution >= 0.6 is 0 Å². The fraction of sp³-hybridized carbons (Fsp3) is 0.176. The van der Waals surface area contributed by atoms with Crippen molar-refractivity contribution in [3.05, 3.63) is 71.3 Å². The summed E-state index contributed by atoms with van der Waals surface area (Å²) in [5, 5.41) is 18.3. The third-order valence-corrected chi connectivity index (χ3v) is 3.30. The molecule has 0 fully saturated rings. The van der Waals surface area contributed by atoms with Gasteiger partial charge in [-0.2, -0.15) is 10.5 Å². The quantitative estimate of drug-likeness (QED) is 0.831. The molecule has 19 heavy (non-hydrogen) atoms. The van der Waals surface area contributed by atoms with E-state index in [2.05, 4.69) is 12.1 Å². The first-order valence-electron chi connectivity index (χ1n) is 6.14. The normalized spacial score (nSPS) is 13.0. The minimum atomic E-state index is -0.574. The van der Waals surface area contributed by atoms with Crippen molar-refractivity contribution in [2.45, 2.75) is 18.8 Å². The van der Waals surface area contributed by atoms with Crippen molar-refractivity contribution in [2.75, 3.05) is 0 Å². The third-order valence-electron chi connectivity index (χ3n) is 3.30. The van der Waals surface area contributed by atoms with Crippen molar-refractivity contribution in [1.82, 2.24) is 0 Å². The predicted octanol–water partition coefficient (Wildman–Crippen LogP) is 3.58. The van der Waals surface area contributed by atoms with E-state index in [1.807, 2.05) is 49.4 Å². The number of nitrogens with zero attached hydrogens (tertiary/aromatic N) is 2. The van der Waals surface area contributed by atoms with Crippen molar-refractivity contribution < 1.29 is 0 Å². The van der Waals surface area contributed by atoms with E-state index in [1.165, 1.54) is 0 Å². The van der Waals surface area contributed by atoms with Gasteiger partial charge < -0.3 is 0 Å². The summed E-state index contributed by atoms with van der Waals surface area (Å²) in [7, 11) is 0. The summed E-state index contributed by atoms with van der Waals surface area (Å²) in [6, 6.07) is 21.7. The van der Waals surface area contributed by atoms with Gasteiger partial charge in [-0.05, 0) is 36.6 Å². The van der Waals surface area contributed by atoms with Gasteiger partial charge in [0.05, 0.1) is 23.1 Å². The summed E-state index contributed by atoms with van der Waals surface area (Å²) in [4.78, 5) is 0. The molecule has 0 bridgehead atoms. The highest BCUT2D eigenvalue weighted by Crippen LogP contribution is 2.27. The molecule has 0 aliphatic rings. The maximum atomic E-state index is 9.51. The first-order valence-corrected chi connectivity index (χ1v) is 6.14. The molecule has 0 saturated heterocycles. The van der Waals surface area contributed by atoms with Crippen LogP contribution in [-0.4, -0.2) is 0 Å². The molecular weight excluding hydrogens is 232 g/mol. The van der Waals surface area contributed by atoms with Crippen molar-refractivity contribution >= 4 is 0 Å². The lowest BCUT2D eigenvalue weighted by Gasteiger charge is -2.22. The largest absolute Gasteiger partial charge is 0.197 e. The van der Waals surface area contributed by atoms with Gasteiger partial charge in [0.1, 0.15) is 0 Å². The van der Waals surface area contributed by atoms with Gasteiger partial charge in [-0.3, -0.25) is 0 Å². The van der Waals surface area contributed by atoms with E-state index in [0.717, 1.165) is 11.1 Å². The van der Waals surface area contributed by atoms with Crippen LogP contribution in [0.15, 0.2) is 54.6 Å². The molecule has 0 spiro atoms. The van der Waals surface area contributed by atoms with Crippen LogP contribution in [0, 0.1) is 22.7 Å². The molecule has 1 unspecified atom stereocenters. The van der Waals surface area contributed by atoms with E-state index in [-0.39, 0.29) is 0 Å². The van der Waals surface area contributed by atoms with Gasteiger partial charge in [0.25, 0.3) is 0 Å². The fourth-order valence-corrected chi connectivity index (χ4v) is 2.12. The second kappa shape index (κ2) is 5.38. The van der Waals surface area contributed by atoms with Crippen molar-refractivity contribution in [1.29, 1.82) is 10.5 Å². The Morgan fingerprint density at radius 1 is 0.947 bits per heavy atom. The Bertz CT molecular complexity index is 630. The van der Waals surface area contributed by atoms with E-state index in [1.54, 1.807) is 12.1 Å². The highest BCUT2D eigenvalue weighted by Gasteiger charge is 2.26. The van der Waals surface area contributed by atoms with Gasteiger partial charge in [-0.25, -0.2) is 0 Å². The summed E-state index contributed by atoms with van der Waals surface area (Å²) in [6.07, 6.45) is 0.663. The molecule has 0 aliphatic heterocycles. The summed E-state index contributed by atoms with van der Waals surface area (Å²) >= 11 is 0. The summed E-state index contributed by atoms with van der Waals surface area (Å²) in [5.41, 5.74) is 2.12. The molecule has 0 radical (unpaired) electrons. The molecule has 0 aromatic heterocycles. The van der Waals surface area contributed by atoms with Crippen molar-refractivity contribution in [2.24, 2.45) is 0 Å². The number of hydrogen-bond acceptors (Lipinski definition) is 2. The lowest BCUT2D eigenvalue weighted by Crippen LogP contribution is -2.22. The van der Waals surface area contributed by atoms with Gasteiger partial charge in [0.2, 0.25) is 0 Å². The SMILES string of the molecule is CC(C#N)(Cc1ccccc1)c1ccc(C#N)cc1. The van der Waals surface area contributed by atoms with Crippen LogP contribution in [-0.2, 0) is 11.8 Å². The Morgan fingerprint density at radius 3 is 2.11 bits per heavy atom. The third kappa shape index (κ3) is 2.81. The molecule has 0 amide bonds. The van der Waals surface area contributed by atoms with Gasteiger partial charge >= 0.3 is 0 Å². The molecule has 92 valence electrons. The van der Waals surface area contributed by atoms with Crippen LogP contribution in [0.4, 0.5) is 0 Å². The summed E-state index contributed by atoms with van der Waals surface area (Å²) < 4.78 is 0. The Balaban J connectivity index is 2.32. The molecule has 1 atom stereocenters. The highest BCUT2D eigenvalue weighted by molar-refractivity contribution is 5.39. The average Bonchev–Trinajstić information content (AvgIpc) is 2.48. The standard InChI is InChI=1S/C17H14N2/c1-17(13-19,11-14-5-3-2-4-6-14)16-9-7-15(12-18)8-10-16/h2-10H,11H2,1H3. The van der Waals surface area contributed by atoms with Crippen LogP contribution in [0.3, 0.4) is 0 Å². The van der Waals surface area contributed by atoms with E-state index < -0.39 is 5.41 Å². The fourth-order valence-electron chi connectivity index (χ4n) is 2.12. The lowest BCUT2D eigenvalue weighted by molar-refractivity contribution is 0.606. The number of nitriles is 2. The monoisotopic (exact) mass is 246 g/mol. The first-order chi connectivity index (χ1) is 9.18. The van der Waals surface area contributed by atoms with E-state index in [9.17, 15) is 5.26 Å². The molecule has 2 nitrogen and oxygen atoms in total. The maximum absolute atomic E-state index is 9.51. The van der Waals surface area contributed by atoms with Crippen LogP contribution < -0.4 is 0 Å². The molecule has 0 heterocycles. The first kappa shape index (κ1) is 12.9. The average molecular weight is 246 g/mol. The van der Waals surface area contributed by atoms with Crippen molar-refractivity contribution in [3.8, 4) is 12.1 Å². The van der Waals surface area contributed by atoms with E-state index >= 15 is 0 Å². The number of rotatable bonds is 3. The highest BCUT2D eigenvalue weighted by atomic mass is 14.4. The molecule has 2 heteroatoms. The minimum absolute atomic E-state index is 0.574. The Morgan fingerprint density at radius 2 is 1.58 bits per heavy atom. The molecule has 0 aliphatic carbocycles. The van der Waals surface area contributed by atoms with Gasteiger partial charge in [-0.15, -0.1) is 0 Å². The second-order valence-corrected chi connectivity index (χ2v) is 4.80. The Labute approximate surface area is 113 Å². The topological polar surface area (TPSA) is 47.6 Å². The number of benzene rings is 2. The molecule has 0 N–H and O–H groups in total. The van der Waals surface area contributed by atoms with Crippen molar-refractivity contribution in [3.63, 3.8) is 0 Å². The predicted molar refractivity (Wildman–Crippen MR) is 74.3 cm³/mol. The van der Waals surface area contributed by atoms with Gasteiger partial charge in [0, 0.05) is 0 Å². The number of hydrogen-bond donors (Lipinski definition) is 0. The van der Waals surface area contributed by atoms with Crippen LogP contribution in [0.1, 0.15) is 23.6 Å². The Hall–Kier alpha value is -2.58.